The number of tetrazole rings is 1. The third-order valence-electron chi connectivity index (χ3n) is 5.07. The molecule has 1 atom stereocenters. The van der Waals surface area contributed by atoms with Gasteiger partial charge in [0, 0.05) is 30.5 Å². The number of amides is 1. The van der Waals surface area contributed by atoms with Gasteiger partial charge in [0.25, 0.3) is 0 Å². The molecule has 0 aliphatic carbocycles. The summed E-state index contributed by atoms with van der Waals surface area (Å²) in [7, 11) is -1.32. The largest absolute Gasteiger partial charge is 0.451 e. The van der Waals surface area contributed by atoms with Crippen molar-refractivity contribution >= 4 is 37.0 Å². The number of halogens is 2. The van der Waals surface area contributed by atoms with Crippen LogP contribution in [0.5, 0.6) is 0 Å². The average molecular weight is 508 g/mol. The van der Waals surface area contributed by atoms with E-state index < -0.39 is 7.12 Å². The van der Waals surface area contributed by atoms with Crippen molar-refractivity contribution in [2.45, 2.75) is 51.3 Å². The van der Waals surface area contributed by atoms with E-state index in [2.05, 4.69) is 31.1 Å². The molecule has 0 aliphatic rings. The zero-order valence-corrected chi connectivity index (χ0v) is 20.1. The summed E-state index contributed by atoms with van der Waals surface area (Å²) in [6.45, 7) is 0.935. The Labute approximate surface area is 209 Å². The van der Waals surface area contributed by atoms with Gasteiger partial charge in [0.2, 0.25) is 5.91 Å². The van der Waals surface area contributed by atoms with E-state index in [9.17, 15) is 4.79 Å². The van der Waals surface area contributed by atoms with Gasteiger partial charge in [0.1, 0.15) is 6.54 Å². The maximum absolute atomic E-state index is 12.5. The van der Waals surface area contributed by atoms with Crippen molar-refractivity contribution in [2.75, 3.05) is 0 Å². The van der Waals surface area contributed by atoms with Gasteiger partial charge in [-0.25, -0.2) is 4.68 Å². The molecule has 0 saturated carbocycles. The van der Waals surface area contributed by atoms with Crippen molar-refractivity contribution in [1.82, 2.24) is 35.8 Å². The summed E-state index contributed by atoms with van der Waals surface area (Å²) in [5.41, 5.74) is 1.99. The number of aromatic nitrogens is 5. The Morgan fingerprint density at radius 1 is 1.06 bits per heavy atom. The average Bonchev–Trinajstić information content (AvgIpc) is 3.26. The topological polar surface area (TPSA) is 138 Å². The maximum atomic E-state index is 12.5. The molecule has 0 radical (unpaired) electrons. The van der Waals surface area contributed by atoms with Crippen LogP contribution in [0.1, 0.15) is 42.3 Å². The fraction of sp³-hybridized carbons (Fsp3) is 0.381. The van der Waals surface area contributed by atoms with Gasteiger partial charge in [-0.15, -0.1) is 17.5 Å². The Hall–Kier alpha value is -2.57. The normalized spacial score (nSPS) is 11.5. The third kappa shape index (κ3) is 9.36. The quantitative estimate of drug-likeness (QED) is 0.203. The highest BCUT2D eigenvalue weighted by Crippen LogP contribution is 2.19. The summed E-state index contributed by atoms with van der Waals surface area (Å²) < 4.78 is 1.49. The lowest BCUT2D eigenvalue weighted by Gasteiger charge is -2.18. The van der Waals surface area contributed by atoms with E-state index in [1.807, 2.05) is 24.3 Å². The number of nitrogens with one attached hydrogen (secondary N) is 2. The molecule has 4 N–H and O–H groups in total. The smallest absolute Gasteiger partial charge is 0.427 e. The van der Waals surface area contributed by atoms with Crippen molar-refractivity contribution in [3.05, 3.63) is 70.8 Å². The van der Waals surface area contributed by atoms with E-state index in [0.717, 1.165) is 17.5 Å². The van der Waals surface area contributed by atoms with Crippen LogP contribution in [0.3, 0.4) is 0 Å². The molecule has 2 aromatic heterocycles. The van der Waals surface area contributed by atoms with Crippen LogP contribution >= 0.6 is 24.0 Å². The maximum Gasteiger partial charge on any atom is 0.451 e. The highest BCUT2D eigenvalue weighted by Gasteiger charge is 2.20. The molecule has 3 aromatic rings. The molecule has 0 aliphatic heterocycles. The summed E-state index contributed by atoms with van der Waals surface area (Å²) in [5.74, 6) is 0.338. The van der Waals surface area contributed by atoms with Crippen LogP contribution in [0.2, 0.25) is 11.3 Å². The van der Waals surface area contributed by atoms with E-state index >= 15 is 0 Å². The fourth-order valence-corrected chi connectivity index (χ4v) is 3.43. The van der Waals surface area contributed by atoms with Crippen LogP contribution in [0.25, 0.3) is 0 Å². The molecule has 0 saturated heterocycles. The minimum Gasteiger partial charge on any atom is -0.427 e. The number of rotatable bonds is 13. The predicted octanol–water partition coefficient (Wildman–Crippen LogP) is 1.93. The Bertz CT molecular complexity index is 994. The highest BCUT2D eigenvalue weighted by molar-refractivity contribution is 6.40. The number of hydrogen-bond acceptors (Lipinski definition) is 8. The minimum atomic E-state index is -1.32. The second-order valence-corrected chi connectivity index (χ2v) is 8.09. The van der Waals surface area contributed by atoms with Crippen LogP contribution in [-0.4, -0.2) is 48.3 Å². The standard InChI is InChI=1S/C21H27BClN7O3.ClH/c23-18-6-4-16(5-7-18)14-26-20(31)15-30-21(27-28-29-30)19(3-1-2-10-22(32)33)25-13-17-8-11-24-12-9-17;/h4-9,11-12,19,25,32-33H,1-3,10,13-15H2,(H,26,31);1H. The molecule has 2 heterocycles. The molecule has 0 fully saturated rings. The van der Waals surface area contributed by atoms with Gasteiger partial charge in [0.15, 0.2) is 5.82 Å². The number of carbonyl (C=O) groups excluding carboxylic acids is 1. The van der Waals surface area contributed by atoms with E-state index in [0.29, 0.717) is 43.1 Å². The SMILES string of the molecule is Cl.O=C(Cn1nnnc1C(CCCCB(O)O)NCc1ccncc1)NCc1ccc(Cl)cc1. The van der Waals surface area contributed by atoms with Crippen molar-refractivity contribution in [2.24, 2.45) is 0 Å². The fourth-order valence-electron chi connectivity index (χ4n) is 3.31. The van der Waals surface area contributed by atoms with E-state index in [-0.39, 0.29) is 30.9 Å². The first-order valence-corrected chi connectivity index (χ1v) is 11.1. The van der Waals surface area contributed by atoms with Gasteiger partial charge in [-0.2, -0.15) is 0 Å². The zero-order valence-electron chi connectivity index (χ0n) is 18.5. The molecule has 182 valence electrons. The summed E-state index contributed by atoms with van der Waals surface area (Å²) in [6, 6.07) is 10.9. The molecule has 3 rings (SSSR count). The van der Waals surface area contributed by atoms with E-state index in [4.69, 9.17) is 21.6 Å². The lowest BCUT2D eigenvalue weighted by Crippen LogP contribution is -2.31. The van der Waals surface area contributed by atoms with Crippen LogP contribution in [0.4, 0.5) is 0 Å². The molecule has 13 heteroatoms. The summed E-state index contributed by atoms with van der Waals surface area (Å²) >= 11 is 5.90. The Morgan fingerprint density at radius 2 is 1.76 bits per heavy atom. The van der Waals surface area contributed by atoms with Crippen LogP contribution < -0.4 is 10.6 Å². The monoisotopic (exact) mass is 507 g/mol. The molecule has 0 spiro atoms. The molecule has 34 heavy (non-hydrogen) atoms. The van der Waals surface area contributed by atoms with Gasteiger partial charge in [-0.05, 0) is 58.6 Å². The molecule has 1 unspecified atom stereocenters. The third-order valence-corrected chi connectivity index (χ3v) is 5.33. The van der Waals surface area contributed by atoms with Crippen molar-refractivity contribution < 1.29 is 14.8 Å². The van der Waals surface area contributed by atoms with E-state index in [1.165, 1.54) is 4.68 Å². The van der Waals surface area contributed by atoms with Crippen molar-refractivity contribution in [3.63, 3.8) is 0 Å². The van der Waals surface area contributed by atoms with Gasteiger partial charge >= 0.3 is 7.12 Å². The number of unbranched alkanes of at least 4 members (excludes halogenated alkanes) is 1. The first-order chi connectivity index (χ1) is 16.0. The van der Waals surface area contributed by atoms with E-state index in [1.54, 1.807) is 24.5 Å². The number of carbonyl (C=O) groups is 1. The van der Waals surface area contributed by atoms with Crippen molar-refractivity contribution in [1.29, 1.82) is 0 Å². The lowest BCUT2D eigenvalue weighted by molar-refractivity contribution is -0.122. The van der Waals surface area contributed by atoms with Gasteiger partial charge < -0.3 is 20.7 Å². The lowest BCUT2D eigenvalue weighted by atomic mass is 9.83. The zero-order chi connectivity index (χ0) is 23.5. The second kappa shape index (κ2) is 14.6. The van der Waals surface area contributed by atoms with Crippen molar-refractivity contribution in [3.8, 4) is 0 Å². The van der Waals surface area contributed by atoms with Gasteiger partial charge in [-0.1, -0.05) is 36.6 Å². The molecule has 1 amide bonds. The van der Waals surface area contributed by atoms with Gasteiger partial charge in [-0.3, -0.25) is 9.78 Å². The van der Waals surface area contributed by atoms with Crippen LogP contribution in [0.15, 0.2) is 48.8 Å². The number of pyridine rings is 1. The first kappa shape index (κ1) is 27.7. The first-order valence-electron chi connectivity index (χ1n) is 10.8. The minimum absolute atomic E-state index is 0. The highest BCUT2D eigenvalue weighted by atomic mass is 35.5. The predicted molar refractivity (Wildman–Crippen MR) is 131 cm³/mol. The van der Waals surface area contributed by atoms with Crippen LogP contribution in [0, 0.1) is 0 Å². The van der Waals surface area contributed by atoms with Crippen LogP contribution in [-0.2, 0) is 24.4 Å². The molecule has 0 bridgehead atoms. The molecular formula is C21H28BCl2N7O3. The van der Waals surface area contributed by atoms with Gasteiger partial charge in [0.05, 0.1) is 6.04 Å². The molecule has 1 aromatic carbocycles. The number of benzene rings is 1. The Balaban J connectivity index is 0.00000408. The summed E-state index contributed by atoms with van der Waals surface area (Å²) in [4.78, 5) is 16.5. The molecule has 10 nitrogen and oxygen atoms in total. The summed E-state index contributed by atoms with van der Waals surface area (Å²) in [6.07, 6.45) is 5.81. The number of hydrogen-bond donors (Lipinski definition) is 4. The second-order valence-electron chi connectivity index (χ2n) is 7.65. The Kier molecular flexibility index (Phi) is 11.9. The Morgan fingerprint density at radius 3 is 2.47 bits per heavy atom. The summed E-state index contributed by atoms with van der Waals surface area (Å²) in [5, 5.41) is 37.1. The molecular weight excluding hydrogens is 480 g/mol. The number of nitrogens with zero attached hydrogens (tertiary/aromatic N) is 5.